The van der Waals surface area contributed by atoms with E-state index in [1.807, 2.05) is 0 Å². The predicted octanol–water partition coefficient (Wildman–Crippen LogP) is 3.03. The molecule has 2 amide bonds. The third kappa shape index (κ3) is 2.61. The van der Waals surface area contributed by atoms with Crippen molar-refractivity contribution in [3.8, 4) is 0 Å². The zero-order chi connectivity index (χ0) is 12.4. The maximum absolute atomic E-state index is 11.7. The molecule has 90 valence electrons. The minimum Gasteiger partial charge on any atom is -0.278 e. The second-order valence-electron chi connectivity index (χ2n) is 3.93. The molecule has 1 saturated heterocycles. The van der Waals surface area contributed by atoms with Gasteiger partial charge in [-0.15, -0.1) is 0 Å². The molecular weight excluding hydrogens is 261 g/mol. The van der Waals surface area contributed by atoms with Crippen LogP contribution < -0.4 is 0 Å². The lowest BCUT2D eigenvalue weighted by Crippen LogP contribution is -2.39. The highest BCUT2D eigenvalue weighted by molar-refractivity contribution is 6.36. The largest absolute Gasteiger partial charge is 0.278 e. The quantitative estimate of drug-likeness (QED) is 0.776. The van der Waals surface area contributed by atoms with Crippen molar-refractivity contribution in [2.75, 3.05) is 0 Å². The molecule has 0 spiro atoms. The molecule has 2 rings (SSSR count). The minimum absolute atomic E-state index is 0.155. The van der Waals surface area contributed by atoms with Crippen molar-refractivity contribution in [3.63, 3.8) is 0 Å². The van der Waals surface area contributed by atoms with Crippen molar-refractivity contribution in [2.45, 2.75) is 25.8 Å². The fourth-order valence-electron chi connectivity index (χ4n) is 1.82. The number of amides is 2. The summed E-state index contributed by atoms with van der Waals surface area (Å²) in [5.74, 6) is -0.311. The Bertz CT molecular complexity index is 437. The smallest absolute Gasteiger partial charge is 0.229 e. The molecule has 5 heteroatoms. The Morgan fingerprint density at radius 1 is 1.06 bits per heavy atom. The van der Waals surface area contributed by atoms with Gasteiger partial charge in [0.15, 0.2) is 0 Å². The molecule has 1 aromatic carbocycles. The number of hydrogen-bond acceptors (Lipinski definition) is 2. The number of imide groups is 1. The number of hydrogen-bond donors (Lipinski definition) is 0. The fourth-order valence-corrected chi connectivity index (χ4v) is 2.33. The summed E-state index contributed by atoms with van der Waals surface area (Å²) in [5, 5.41) is 0.951. The number of carbonyl (C=O) groups is 2. The number of halogens is 2. The van der Waals surface area contributed by atoms with E-state index in [4.69, 9.17) is 23.2 Å². The van der Waals surface area contributed by atoms with Gasteiger partial charge in [0.2, 0.25) is 11.8 Å². The summed E-state index contributed by atoms with van der Waals surface area (Å²) in [6, 6.07) is 5.12. The van der Waals surface area contributed by atoms with Crippen LogP contribution in [0.4, 0.5) is 0 Å². The molecule has 1 fully saturated rings. The van der Waals surface area contributed by atoms with Gasteiger partial charge < -0.3 is 0 Å². The van der Waals surface area contributed by atoms with Crippen LogP contribution >= 0.6 is 23.2 Å². The first-order valence-electron chi connectivity index (χ1n) is 5.35. The molecule has 0 N–H and O–H groups in total. The van der Waals surface area contributed by atoms with Gasteiger partial charge in [0.05, 0.1) is 6.54 Å². The van der Waals surface area contributed by atoms with Gasteiger partial charge in [0.1, 0.15) is 0 Å². The molecule has 1 aliphatic rings. The molecule has 0 bridgehead atoms. The standard InChI is InChI=1S/C12H11Cl2NO2/c13-9-3-1-4-10(14)8(9)7-15-11(16)5-2-6-12(15)17/h1,3-4H,2,5-7H2. The summed E-state index contributed by atoms with van der Waals surface area (Å²) in [6.07, 6.45) is 1.45. The molecule has 1 aliphatic heterocycles. The first-order valence-corrected chi connectivity index (χ1v) is 6.11. The maximum Gasteiger partial charge on any atom is 0.229 e. The Morgan fingerprint density at radius 2 is 1.59 bits per heavy atom. The lowest BCUT2D eigenvalue weighted by atomic mass is 10.1. The summed E-state index contributed by atoms with van der Waals surface area (Å²) < 4.78 is 0. The van der Waals surface area contributed by atoms with Crippen LogP contribution in [0, 0.1) is 0 Å². The molecule has 1 heterocycles. The Kier molecular flexibility index (Phi) is 3.69. The predicted molar refractivity (Wildman–Crippen MR) is 65.9 cm³/mol. The van der Waals surface area contributed by atoms with Gasteiger partial charge in [0, 0.05) is 28.5 Å². The average molecular weight is 272 g/mol. The van der Waals surface area contributed by atoms with Gasteiger partial charge in [-0.1, -0.05) is 29.3 Å². The molecule has 0 saturated carbocycles. The van der Waals surface area contributed by atoms with E-state index < -0.39 is 0 Å². The zero-order valence-corrected chi connectivity index (χ0v) is 10.6. The molecule has 0 atom stereocenters. The summed E-state index contributed by atoms with van der Waals surface area (Å²) in [5.41, 5.74) is 0.624. The van der Waals surface area contributed by atoms with Crippen LogP contribution in [0.2, 0.25) is 10.0 Å². The lowest BCUT2D eigenvalue weighted by molar-refractivity contribution is -0.148. The Hall–Kier alpha value is -1.06. The lowest BCUT2D eigenvalue weighted by Gasteiger charge is -2.25. The molecule has 0 aliphatic carbocycles. The van der Waals surface area contributed by atoms with Crippen molar-refractivity contribution < 1.29 is 9.59 Å². The Labute approximate surface area is 109 Å². The number of rotatable bonds is 2. The van der Waals surface area contributed by atoms with Crippen LogP contribution in [0.3, 0.4) is 0 Å². The van der Waals surface area contributed by atoms with Gasteiger partial charge in [0.25, 0.3) is 0 Å². The van der Waals surface area contributed by atoms with Crippen LogP contribution in [-0.2, 0) is 16.1 Å². The minimum atomic E-state index is -0.155. The highest BCUT2D eigenvalue weighted by atomic mass is 35.5. The van der Waals surface area contributed by atoms with Crippen LogP contribution in [0.25, 0.3) is 0 Å². The zero-order valence-electron chi connectivity index (χ0n) is 9.08. The molecule has 3 nitrogen and oxygen atoms in total. The SMILES string of the molecule is O=C1CCCC(=O)N1Cc1c(Cl)cccc1Cl. The number of piperidine rings is 1. The second-order valence-corrected chi connectivity index (χ2v) is 4.74. The van der Waals surface area contributed by atoms with E-state index >= 15 is 0 Å². The van der Waals surface area contributed by atoms with Crippen LogP contribution in [0.1, 0.15) is 24.8 Å². The van der Waals surface area contributed by atoms with Crippen molar-refractivity contribution in [1.29, 1.82) is 0 Å². The van der Waals surface area contributed by atoms with Crippen molar-refractivity contribution in [2.24, 2.45) is 0 Å². The number of nitrogens with zero attached hydrogens (tertiary/aromatic N) is 1. The summed E-state index contributed by atoms with van der Waals surface area (Å²) in [7, 11) is 0. The van der Waals surface area contributed by atoms with E-state index in [1.54, 1.807) is 18.2 Å². The highest BCUT2D eigenvalue weighted by Crippen LogP contribution is 2.27. The third-order valence-corrected chi connectivity index (χ3v) is 3.47. The van der Waals surface area contributed by atoms with Gasteiger partial charge >= 0.3 is 0 Å². The highest BCUT2D eigenvalue weighted by Gasteiger charge is 2.26. The van der Waals surface area contributed by atoms with E-state index in [1.165, 1.54) is 4.90 Å². The van der Waals surface area contributed by atoms with E-state index in [9.17, 15) is 9.59 Å². The summed E-state index contributed by atoms with van der Waals surface area (Å²) >= 11 is 12.0. The Balaban J connectivity index is 2.25. The first-order chi connectivity index (χ1) is 8.09. The molecule has 0 radical (unpaired) electrons. The van der Waals surface area contributed by atoms with Gasteiger partial charge in [-0.2, -0.15) is 0 Å². The number of carbonyl (C=O) groups excluding carboxylic acids is 2. The van der Waals surface area contributed by atoms with Gasteiger partial charge in [-0.25, -0.2) is 0 Å². The molecule has 0 aromatic heterocycles. The molecular formula is C12H11Cl2NO2. The molecule has 1 aromatic rings. The fraction of sp³-hybridized carbons (Fsp3) is 0.333. The van der Waals surface area contributed by atoms with Gasteiger partial charge in [-0.05, 0) is 18.6 Å². The van der Waals surface area contributed by atoms with Crippen LogP contribution in [-0.4, -0.2) is 16.7 Å². The topological polar surface area (TPSA) is 37.4 Å². The van der Waals surface area contributed by atoms with Gasteiger partial charge in [-0.3, -0.25) is 14.5 Å². The molecule has 0 unspecified atom stereocenters. The summed E-state index contributed by atoms with van der Waals surface area (Å²) in [4.78, 5) is 24.5. The molecule has 17 heavy (non-hydrogen) atoms. The number of likely N-dealkylation sites (tertiary alicyclic amines) is 1. The monoisotopic (exact) mass is 271 g/mol. The van der Waals surface area contributed by atoms with Crippen LogP contribution in [0.5, 0.6) is 0 Å². The van der Waals surface area contributed by atoms with Crippen LogP contribution in [0.15, 0.2) is 18.2 Å². The van der Waals surface area contributed by atoms with E-state index in [-0.39, 0.29) is 18.4 Å². The average Bonchev–Trinajstić information content (AvgIpc) is 2.27. The maximum atomic E-state index is 11.7. The summed E-state index contributed by atoms with van der Waals surface area (Å²) in [6.45, 7) is 0.163. The first kappa shape index (κ1) is 12.4. The van der Waals surface area contributed by atoms with Crippen molar-refractivity contribution >= 4 is 35.0 Å². The van der Waals surface area contributed by atoms with E-state index in [0.29, 0.717) is 34.9 Å². The normalized spacial score (nSPS) is 16.5. The second kappa shape index (κ2) is 5.07. The van der Waals surface area contributed by atoms with Crippen molar-refractivity contribution in [3.05, 3.63) is 33.8 Å². The van der Waals surface area contributed by atoms with E-state index in [0.717, 1.165) is 0 Å². The van der Waals surface area contributed by atoms with E-state index in [2.05, 4.69) is 0 Å². The third-order valence-electron chi connectivity index (χ3n) is 2.76. The Morgan fingerprint density at radius 3 is 2.12 bits per heavy atom. The van der Waals surface area contributed by atoms with Crippen molar-refractivity contribution in [1.82, 2.24) is 4.90 Å². The number of benzene rings is 1.